The maximum atomic E-state index is 11.4. The summed E-state index contributed by atoms with van der Waals surface area (Å²) in [6.07, 6.45) is 0.513. The van der Waals surface area contributed by atoms with Crippen molar-refractivity contribution in [3.8, 4) is 28.7 Å². The Hall–Kier alpha value is -5.90. The second kappa shape index (κ2) is 11.0. The number of anilines is 5. The average Bonchev–Trinajstić information content (AvgIpc) is 2.96. The molecule has 10 bridgehead atoms. The lowest BCUT2D eigenvalue weighted by Gasteiger charge is -2.18. The van der Waals surface area contributed by atoms with Gasteiger partial charge in [-0.25, -0.2) is 0 Å². The van der Waals surface area contributed by atoms with Gasteiger partial charge in [-0.3, -0.25) is 0 Å². The van der Waals surface area contributed by atoms with Crippen LogP contribution in [0.5, 0.6) is 28.7 Å². The van der Waals surface area contributed by atoms with Crippen molar-refractivity contribution in [1.29, 1.82) is 0 Å². The van der Waals surface area contributed by atoms with Crippen LogP contribution in [0.2, 0.25) is 0 Å². The molecule has 1 aliphatic carbocycles. The first-order valence-electron chi connectivity index (χ1n) is 14.4. The lowest BCUT2D eigenvalue weighted by atomic mass is 9.90. The van der Waals surface area contributed by atoms with Gasteiger partial charge in [-0.15, -0.1) is 0 Å². The van der Waals surface area contributed by atoms with E-state index in [1.807, 2.05) is 0 Å². The fraction of sp³-hybridized carbons (Fsp3) is 0.143. The molecule has 10 nitrogen and oxygen atoms in total. The van der Waals surface area contributed by atoms with Gasteiger partial charge in [-0.2, -0.15) is 0 Å². The van der Waals surface area contributed by atoms with Crippen LogP contribution in [0.25, 0.3) is 0 Å². The van der Waals surface area contributed by atoms with E-state index in [-0.39, 0.29) is 60.9 Å². The summed E-state index contributed by atoms with van der Waals surface area (Å²) in [6.45, 7) is 0. The van der Waals surface area contributed by atoms with Gasteiger partial charge < -0.3 is 54.2 Å². The second-order valence-electron chi connectivity index (χ2n) is 11.8. The lowest BCUT2D eigenvalue weighted by Crippen LogP contribution is -2.04. The maximum Gasteiger partial charge on any atom is 0.122 e. The molecule has 15 N–H and O–H groups in total. The summed E-state index contributed by atoms with van der Waals surface area (Å²) in [5.41, 5.74) is 37.6. The van der Waals surface area contributed by atoms with Crippen molar-refractivity contribution in [3.63, 3.8) is 0 Å². The summed E-state index contributed by atoms with van der Waals surface area (Å²) in [4.78, 5) is 0. The Bertz CT molecular complexity index is 1560. The number of rotatable bonds is 0. The van der Waals surface area contributed by atoms with Crippen molar-refractivity contribution in [2.24, 2.45) is 0 Å². The van der Waals surface area contributed by atoms with Gasteiger partial charge in [-0.1, -0.05) is 0 Å². The van der Waals surface area contributed by atoms with Crippen LogP contribution in [-0.2, 0) is 32.1 Å². The van der Waals surface area contributed by atoms with E-state index in [4.69, 9.17) is 28.7 Å². The molecule has 0 atom stereocenters. The number of phenols is 5. The van der Waals surface area contributed by atoms with Crippen LogP contribution >= 0.6 is 0 Å². The zero-order valence-corrected chi connectivity index (χ0v) is 24.4. The SMILES string of the molecule is Nc1cc2c(O)c(c1)Cc1cc(N)cc(c1O)Cc1cc(N)cc(c1O)Cc1cc(N)cc(c1O)Cc1cc(N)cc(c1O)C2. The lowest BCUT2D eigenvalue weighted by molar-refractivity contribution is 0.451. The fourth-order valence-electron chi connectivity index (χ4n) is 6.31. The van der Waals surface area contributed by atoms with Crippen LogP contribution in [0.1, 0.15) is 55.6 Å². The molecule has 0 saturated heterocycles. The Balaban J connectivity index is 1.60. The molecule has 0 aliphatic heterocycles. The highest BCUT2D eigenvalue weighted by atomic mass is 16.3. The molecule has 0 saturated carbocycles. The first-order chi connectivity index (χ1) is 21.4. The Labute approximate surface area is 259 Å². The number of nitrogen functional groups attached to an aromatic ring is 5. The molecule has 0 unspecified atom stereocenters. The standard InChI is InChI=1S/C35H35N5O5/c36-26-6-16-1-17-7-27(37)9-19(32(17)42)3-21-11-29(39)13-23(34(21)44)5-25-15-30(40)14-24(35(25)45)4-22-12-28(38)10-20(33(22)43)2-18(8-26)31(16)41/h6-15,41-45H,1-5,36-40H2. The van der Waals surface area contributed by atoms with E-state index in [1.54, 1.807) is 60.7 Å². The minimum atomic E-state index is -0.0541. The first-order valence-corrected chi connectivity index (χ1v) is 14.4. The van der Waals surface area contributed by atoms with E-state index in [2.05, 4.69) is 0 Å². The van der Waals surface area contributed by atoms with E-state index in [0.717, 1.165) is 0 Å². The topological polar surface area (TPSA) is 231 Å². The predicted octanol–water partition coefficient (Wildman–Crippen LogP) is 4.39. The van der Waals surface area contributed by atoms with Crippen LogP contribution in [0, 0.1) is 0 Å². The van der Waals surface area contributed by atoms with E-state index in [0.29, 0.717) is 84.1 Å². The van der Waals surface area contributed by atoms with E-state index >= 15 is 0 Å². The van der Waals surface area contributed by atoms with Crippen molar-refractivity contribution < 1.29 is 25.5 Å². The summed E-state index contributed by atoms with van der Waals surface area (Å²) >= 11 is 0. The van der Waals surface area contributed by atoms with Crippen molar-refractivity contribution in [1.82, 2.24) is 0 Å². The van der Waals surface area contributed by atoms with E-state index in [1.165, 1.54) is 0 Å². The van der Waals surface area contributed by atoms with Crippen LogP contribution in [0.15, 0.2) is 60.7 Å². The van der Waals surface area contributed by atoms with Gasteiger partial charge in [0.05, 0.1) is 0 Å². The van der Waals surface area contributed by atoms with E-state index < -0.39 is 0 Å². The van der Waals surface area contributed by atoms with Crippen LogP contribution < -0.4 is 28.7 Å². The number of phenolic OH excluding ortho intramolecular Hbond substituents is 5. The second-order valence-corrected chi connectivity index (χ2v) is 11.8. The molecule has 0 heterocycles. The monoisotopic (exact) mass is 605 g/mol. The largest absolute Gasteiger partial charge is 0.507 e. The minimum absolute atomic E-state index is 0.0541. The average molecular weight is 606 g/mol. The van der Waals surface area contributed by atoms with E-state index in [9.17, 15) is 25.5 Å². The third kappa shape index (κ3) is 5.61. The summed E-state index contributed by atoms with van der Waals surface area (Å²) in [5.74, 6) is -0.270. The van der Waals surface area contributed by atoms with Gasteiger partial charge in [0.1, 0.15) is 28.7 Å². The number of benzene rings is 5. The predicted molar refractivity (Wildman–Crippen MR) is 177 cm³/mol. The number of aromatic hydroxyl groups is 5. The normalized spacial score (nSPS) is 12.9. The number of hydrogen-bond acceptors (Lipinski definition) is 10. The van der Waals surface area contributed by atoms with Gasteiger partial charge in [0.2, 0.25) is 0 Å². The van der Waals surface area contributed by atoms with Gasteiger partial charge in [-0.05, 0) is 60.7 Å². The zero-order chi connectivity index (χ0) is 32.2. The maximum absolute atomic E-state index is 11.4. The smallest absolute Gasteiger partial charge is 0.122 e. The first kappa shape index (κ1) is 29.2. The molecule has 6 rings (SSSR count). The van der Waals surface area contributed by atoms with Gasteiger partial charge in [0.25, 0.3) is 0 Å². The van der Waals surface area contributed by atoms with Crippen LogP contribution in [0.4, 0.5) is 28.4 Å². The Morgan fingerprint density at radius 3 is 0.489 bits per heavy atom. The van der Waals surface area contributed by atoms with Crippen LogP contribution in [-0.4, -0.2) is 25.5 Å². The van der Waals surface area contributed by atoms with Crippen molar-refractivity contribution in [2.75, 3.05) is 28.7 Å². The molecule has 45 heavy (non-hydrogen) atoms. The third-order valence-corrected chi connectivity index (χ3v) is 8.36. The molecule has 5 aromatic carbocycles. The van der Waals surface area contributed by atoms with Gasteiger partial charge in [0, 0.05) is 116 Å². The third-order valence-electron chi connectivity index (χ3n) is 8.36. The highest BCUT2D eigenvalue weighted by Gasteiger charge is 2.21. The van der Waals surface area contributed by atoms with Crippen molar-refractivity contribution >= 4 is 28.4 Å². The Kier molecular flexibility index (Phi) is 7.12. The molecular formula is C35H35N5O5. The summed E-state index contributed by atoms with van der Waals surface area (Å²) in [7, 11) is 0. The molecule has 0 spiro atoms. The Morgan fingerprint density at radius 1 is 0.267 bits per heavy atom. The molecule has 1 aliphatic rings. The van der Waals surface area contributed by atoms with Crippen molar-refractivity contribution in [3.05, 3.63) is 116 Å². The molecular weight excluding hydrogens is 570 g/mol. The Morgan fingerprint density at radius 2 is 0.378 bits per heavy atom. The summed E-state index contributed by atoms with van der Waals surface area (Å²) < 4.78 is 0. The van der Waals surface area contributed by atoms with Gasteiger partial charge >= 0.3 is 0 Å². The fourth-order valence-corrected chi connectivity index (χ4v) is 6.31. The van der Waals surface area contributed by atoms with Gasteiger partial charge in [0.15, 0.2) is 0 Å². The minimum Gasteiger partial charge on any atom is -0.507 e. The highest BCUT2D eigenvalue weighted by molar-refractivity contribution is 5.64. The highest BCUT2D eigenvalue weighted by Crippen LogP contribution is 2.40. The van der Waals surface area contributed by atoms with Crippen LogP contribution in [0.3, 0.4) is 0 Å². The molecule has 230 valence electrons. The molecule has 5 aromatic rings. The molecule has 0 radical (unpaired) electrons. The quantitative estimate of drug-likeness (QED) is 0.0866. The number of fused-ring (bicyclic) bond motifs is 10. The number of nitrogens with two attached hydrogens (primary N) is 5. The summed E-state index contributed by atoms with van der Waals surface area (Å²) in [6, 6.07) is 16.2. The summed E-state index contributed by atoms with van der Waals surface area (Å²) in [5, 5.41) is 56.8. The van der Waals surface area contributed by atoms with Crippen molar-refractivity contribution in [2.45, 2.75) is 32.1 Å². The number of hydrogen-bond donors (Lipinski definition) is 10. The molecule has 0 amide bonds. The molecule has 0 aromatic heterocycles. The molecule has 10 heteroatoms. The zero-order valence-electron chi connectivity index (χ0n) is 24.4. The molecule has 0 fully saturated rings.